The maximum absolute atomic E-state index is 11.8. The Kier molecular flexibility index (Phi) is 7.50. The Balaban J connectivity index is 1.64. The van der Waals surface area contributed by atoms with Gasteiger partial charge in [0.1, 0.15) is 0 Å². The van der Waals surface area contributed by atoms with Crippen molar-refractivity contribution in [1.29, 1.82) is 0 Å². The van der Waals surface area contributed by atoms with Gasteiger partial charge >= 0.3 is 5.97 Å². The molecule has 2 aromatic rings. The van der Waals surface area contributed by atoms with E-state index in [-0.39, 0.29) is 11.9 Å². The Morgan fingerprint density at radius 1 is 0.960 bits per heavy atom. The average Bonchev–Trinajstić information content (AvgIpc) is 2.63. The number of hydrogen-bond acceptors (Lipinski definition) is 4. The van der Waals surface area contributed by atoms with Crippen LogP contribution in [0.1, 0.15) is 29.3 Å². The quantitative estimate of drug-likeness (QED) is 0.689. The molecule has 2 rings (SSSR count). The van der Waals surface area contributed by atoms with Gasteiger partial charge in [-0.05, 0) is 43.2 Å². The molecule has 0 fully saturated rings. The lowest BCUT2D eigenvalue weighted by Crippen LogP contribution is -2.27. The van der Waals surface area contributed by atoms with Crippen LogP contribution in [0.4, 0.5) is 5.69 Å². The number of hydrogen-bond donors (Lipinski definition) is 2. The summed E-state index contributed by atoms with van der Waals surface area (Å²) in [7, 11) is 0. The van der Waals surface area contributed by atoms with E-state index in [9.17, 15) is 9.59 Å². The van der Waals surface area contributed by atoms with Gasteiger partial charge in [-0.1, -0.05) is 30.3 Å². The first-order valence-electron chi connectivity index (χ1n) is 8.50. The van der Waals surface area contributed by atoms with Gasteiger partial charge in [0.25, 0.3) is 0 Å². The van der Waals surface area contributed by atoms with Gasteiger partial charge in [0.2, 0.25) is 5.91 Å². The van der Waals surface area contributed by atoms with Gasteiger partial charge in [0, 0.05) is 25.2 Å². The van der Waals surface area contributed by atoms with Crippen LogP contribution in [0.25, 0.3) is 0 Å². The number of benzene rings is 2. The van der Waals surface area contributed by atoms with E-state index in [2.05, 4.69) is 10.6 Å². The van der Waals surface area contributed by atoms with Crippen molar-refractivity contribution in [2.75, 3.05) is 25.0 Å². The SMILES string of the molecule is CCOC(=O)c1ccc(NCCC(=O)NCCc2ccccc2)cc1. The fourth-order valence-electron chi connectivity index (χ4n) is 2.34. The highest BCUT2D eigenvalue weighted by molar-refractivity contribution is 5.89. The van der Waals surface area contributed by atoms with Crippen molar-refractivity contribution in [3.05, 3.63) is 65.7 Å². The number of carbonyl (C=O) groups excluding carboxylic acids is 2. The molecule has 0 aliphatic carbocycles. The normalized spacial score (nSPS) is 10.1. The van der Waals surface area contributed by atoms with Crippen LogP contribution in [0.15, 0.2) is 54.6 Å². The van der Waals surface area contributed by atoms with Crippen LogP contribution in [-0.4, -0.2) is 31.6 Å². The van der Waals surface area contributed by atoms with Crippen LogP contribution in [0.5, 0.6) is 0 Å². The van der Waals surface area contributed by atoms with Crippen molar-refractivity contribution < 1.29 is 14.3 Å². The zero-order chi connectivity index (χ0) is 17.9. The van der Waals surface area contributed by atoms with Crippen LogP contribution >= 0.6 is 0 Å². The minimum atomic E-state index is -0.327. The molecule has 0 heterocycles. The summed E-state index contributed by atoms with van der Waals surface area (Å²) in [6.45, 7) is 3.31. The van der Waals surface area contributed by atoms with E-state index in [1.165, 1.54) is 5.56 Å². The van der Waals surface area contributed by atoms with Crippen LogP contribution in [0.2, 0.25) is 0 Å². The summed E-state index contributed by atoms with van der Waals surface area (Å²) in [5, 5.41) is 6.08. The first-order chi connectivity index (χ1) is 12.2. The molecule has 132 valence electrons. The predicted octanol–water partition coefficient (Wildman–Crippen LogP) is 3.02. The van der Waals surface area contributed by atoms with Gasteiger partial charge in [-0.3, -0.25) is 4.79 Å². The third-order valence-corrected chi connectivity index (χ3v) is 3.66. The van der Waals surface area contributed by atoms with Crippen molar-refractivity contribution in [3.8, 4) is 0 Å². The fraction of sp³-hybridized carbons (Fsp3) is 0.300. The Morgan fingerprint density at radius 2 is 1.68 bits per heavy atom. The summed E-state index contributed by atoms with van der Waals surface area (Å²) in [4.78, 5) is 23.4. The second kappa shape index (κ2) is 10.1. The second-order valence-electron chi connectivity index (χ2n) is 5.56. The van der Waals surface area contributed by atoms with Gasteiger partial charge in [0.05, 0.1) is 12.2 Å². The zero-order valence-electron chi connectivity index (χ0n) is 14.5. The number of amides is 1. The molecule has 2 N–H and O–H groups in total. The largest absolute Gasteiger partial charge is 0.462 e. The molecule has 0 radical (unpaired) electrons. The summed E-state index contributed by atoms with van der Waals surface area (Å²) in [5.41, 5.74) is 2.60. The third-order valence-electron chi connectivity index (χ3n) is 3.66. The van der Waals surface area contributed by atoms with Crippen LogP contribution in [-0.2, 0) is 16.0 Å². The number of anilines is 1. The monoisotopic (exact) mass is 340 g/mol. The van der Waals surface area contributed by atoms with Crippen LogP contribution in [0.3, 0.4) is 0 Å². The molecular formula is C20H24N2O3. The van der Waals surface area contributed by atoms with Crippen molar-refractivity contribution in [2.45, 2.75) is 19.8 Å². The Labute approximate surface area is 148 Å². The van der Waals surface area contributed by atoms with Crippen molar-refractivity contribution in [2.24, 2.45) is 0 Å². The molecule has 0 aliphatic rings. The number of esters is 1. The van der Waals surface area contributed by atoms with Crippen molar-refractivity contribution in [1.82, 2.24) is 5.32 Å². The van der Waals surface area contributed by atoms with Crippen LogP contribution in [0, 0.1) is 0 Å². The molecule has 0 aromatic heterocycles. The molecule has 5 nitrogen and oxygen atoms in total. The molecule has 0 spiro atoms. The molecule has 5 heteroatoms. The van der Waals surface area contributed by atoms with E-state index in [0.29, 0.717) is 31.7 Å². The first kappa shape index (κ1) is 18.5. The maximum atomic E-state index is 11.8. The van der Waals surface area contributed by atoms with Crippen LogP contribution < -0.4 is 10.6 Å². The van der Waals surface area contributed by atoms with Crippen molar-refractivity contribution >= 4 is 17.6 Å². The maximum Gasteiger partial charge on any atom is 0.338 e. The predicted molar refractivity (Wildman–Crippen MR) is 98.7 cm³/mol. The number of rotatable bonds is 9. The Hall–Kier alpha value is -2.82. The van der Waals surface area contributed by atoms with E-state index >= 15 is 0 Å². The average molecular weight is 340 g/mol. The Bertz CT molecular complexity index is 669. The summed E-state index contributed by atoms with van der Waals surface area (Å²) >= 11 is 0. The lowest BCUT2D eigenvalue weighted by Gasteiger charge is -2.08. The lowest BCUT2D eigenvalue weighted by molar-refractivity contribution is -0.120. The lowest BCUT2D eigenvalue weighted by atomic mass is 10.1. The fourth-order valence-corrected chi connectivity index (χ4v) is 2.34. The highest BCUT2D eigenvalue weighted by Crippen LogP contribution is 2.10. The van der Waals surface area contributed by atoms with E-state index in [1.807, 2.05) is 30.3 Å². The van der Waals surface area contributed by atoms with E-state index in [4.69, 9.17) is 4.74 Å². The molecule has 25 heavy (non-hydrogen) atoms. The Morgan fingerprint density at radius 3 is 2.36 bits per heavy atom. The van der Waals surface area contributed by atoms with Gasteiger partial charge in [-0.2, -0.15) is 0 Å². The first-order valence-corrected chi connectivity index (χ1v) is 8.50. The molecule has 0 aliphatic heterocycles. The van der Waals surface area contributed by atoms with Gasteiger partial charge in [-0.15, -0.1) is 0 Å². The summed E-state index contributed by atoms with van der Waals surface area (Å²) in [6.07, 6.45) is 1.23. The molecule has 0 unspecified atom stereocenters. The molecule has 0 saturated carbocycles. The molecule has 0 bridgehead atoms. The zero-order valence-corrected chi connectivity index (χ0v) is 14.5. The molecule has 2 aromatic carbocycles. The smallest absolute Gasteiger partial charge is 0.338 e. The minimum Gasteiger partial charge on any atom is -0.462 e. The summed E-state index contributed by atoms with van der Waals surface area (Å²) < 4.78 is 4.94. The molecule has 0 atom stereocenters. The topological polar surface area (TPSA) is 67.4 Å². The van der Waals surface area contributed by atoms with E-state index in [1.54, 1.807) is 31.2 Å². The number of carbonyl (C=O) groups is 2. The van der Waals surface area contributed by atoms with E-state index < -0.39 is 0 Å². The number of nitrogens with one attached hydrogen (secondary N) is 2. The van der Waals surface area contributed by atoms with Gasteiger partial charge in [0.15, 0.2) is 0 Å². The van der Waals surface area contributed by atoms with E-state index in [0.717, 1.165) is 12.1 Å². The number of ether oxygens (including phenoxy) is 1. The standard InChI is InChI=1S/C20H24N2O3/c1-2-25-20(24)17-8-10-18(11-9-17)21-15-13-19(23)22-14-12-16-6-4-3-5-7-16/h3-11,21H,2,12-15H2,1H3,(H,22,23). The molecule has 1 amide bonds. The third kappa shape index (κ3) is 6.67. The highest BCUT2D eigenvalue weighted by Gasteiger charge is 2.06. The van der Waals surface area contributed by atoms with Crippen molar-refractivity contribution in [3.63, 3.8) is 0 Å². The van der Waals surface area contributed by atoms with Gasteiger partial charge < -0.3 is 15.4 Å². The highest BCUT2D eigenvalue weighted by atomic mass is 16.5. The molecular weight excluding hydrogens is 316 g/mol. The summed E-state index contributed by atoms with van der Waals surface area (Å²) in [6, 6.07) is 17.1. The summed E-state index contributed by atoms with van der Waals surface area (Å²) in [5.74, 6) is -0.307. The minimum absolute atomic E-state index is 0.0200. The second-order valence-corrected chi connectivity index (χ2v) is 5.56. The molecule has 0 saturated heterocycles. The van der Waals surface area contributed by atoms with Gasteiger partial charge in [-0.25, -0.2) is 4.79 Å².